The zero-order chi connectivity index (χ0) is 20.1. The van der Waals surface area contributed by atoms with E-state index >= 15 is 0 Å². The van der Waals surface area contributed by atoms with E-state index in [1.165, 1.54) is 17.3 Å². The lowest BCUT2D eigenvalue weighted by Crippen LogP contribution is -2.36. The van der Waals surface area contributed by atoms with Crippen molar-refractivity contribution in [3.63, 3.8) is 0 Å². The second kappa shape index (κ2) is 9.11. The number of H-pyrrole nitrogens is 1. The molecule has 1 saturated heterocycles. The number of aryl methyl sites for hydroxylation is 1. The molecular formula is C21H23N5O2S. The maximum absolute atomic E-state index is 12.3. The van der Waals surface area contributed by atoms with Crippen molar-refractivity contribution in [1.82, 2.24) is 15.2 Å². The minimum atomic E-state index is -0.0872. The number of rotatable bonds is 6. The molecule has 1 fully saturated rings. The zero-order valence-electron chi connectivity index (χ0n) is 16.2. The van der Waals surface area contributed by atoms with Gasteiger partial charge >= 0.3 is 0 Å². The molecule has 2 N–H and O–H groups in total. The molecule has 0 spiro atoms. The van der Waals surface area contributed by atoms with Crippen LogP contribution in [0.2, 0.25) is 0 Å². The minimum Gasteiger partial charge on any atom is -0.378 e. The largest absolute Gasteiger partial charge is 0.378 e. The molecule has 8 heteroatoms. The molecule has 0 atom stereocenters. The molecule has 29 heavy (non-hydrogen) atoms. The van der Waals surface area contributed by atoms with Crippen molar-refractivity contribution in [2.24, 2.45) is 0 Å². The van der Waals surface area contributed by atoms with Crippen LogP contribution in [0.1, 0.15) is 5.56 Å². The first kappa shape index (κ1) is 19.5. The van der Waals surface area contributed by atoms with Crippen LogP contribution in [0.5, 0.6) is 0 Å². The number of ether oxygens (including phenoxy) is 1. The van der Waals surface area contributed by atoms with Crippen LogP contribution < -0.4 is 10.2 Å². The van der Waals surface area contributed by atoms with Crippen LogP contribution in [0.25, 0.3) is 11.4 Å². The molecule has 0 unspecified atom stereocenters. The van der Waals surface area contributed by atoms with Gasteiger partial charge in [-0.2, -0.15) is 0 Å². The standard InChI is InChI=1S/C21H23N5O2S/c1-15-2-4-16(5-3-15)20-23-21(25-24-20)29-14-19(27)22-17-6-8-18(9-7-17)26-10-12-28-13-11-26/h2-9H,10-14H2,1H3,(H,22,27)(H,23,24,25). The van der Waals surface area contributed by atoms with Gasteiger partial charge in [0.05, 0.1) is 19.0 Å². The molecule has 7 nitrogen and oxygen atoms in total. The number of amides is 1. The van der Waals surface area contributed by atoms with Crippen LogP contribution >= 0.6 is 11.8 Å². The first-order valence-corrected chi connectivity index (χ1v) is 10.5. The number of carbonyl (C=O) groups excluding carboxylic acids is 1. The Morgan fingerprint density at radius 1 is 1.14 bits per heavy atom. The van der Waals surface area contributed by atoms with Crippen LogP contribution in [0.4, 0.5) is 11.4 Å². The number of anilines is 2. The Hall–Kier alpha value is -2.84. The maximum Gasteiger partial charge on any atom is 0.234 e. The molecule has 4 rings (SSSR count). The van der Waals surface area contributed by atoms with Gasteiger partial charge in [-0.25, -0.2) is 4.98 Å². The molecule has 0 saturated carbocycles. The fourth-order valence-corrected chi connectivity index (χ4v) is 3.65. The number of thioether (sulfide) groups is 1. The lowest BCUT2D eigenvalue weighted by Gasteiger charge is -2.28. The van der Waals surface area contributed by atoms with Crippen LogP contribution in [0.15, 0.2) is 53.7 Å². The predicted molar refractivity (Wildman–Crippen MR) is 115 cm³/mol. The van der Waals surface area contributed by atoms with Crippen molar-refractivity contribution in [3.05, 3.63) is 54.1 Å². The predicted octanol–water partition coefficient (Wildman–Crippen LogP) is 3.35. The van der Waals surface area contributed by atoms with Gasteiger partial charge < -0.3 is 15.0 Å². The highest BCUT2D eigenvalue weighted by Crippen LogP contribution is 2.21. The van der Waals surface area contributed by atoms with E-state index in [1.54, 1.807) is 0 Å². The molecule has 2 heterocycles. The van der Waals surface area contributed by atoms with E-state index in [0.29, 0.717) is 11.0 Å². The van der Waals surface area contributed by atoms with Gasteiger partial charge in [-0.05, 0) is 31.2 Å². The first-order valence-electron chi connectivity index (χ1n) is 9.52. The van der Waals surface area contributed by atoms with E-state index in [4.69, 9.17) is 4.74 Å². The third-order valence-corrected chi connectivity index (χ3v) is 5.50. The Bertz CT molecular complexity index is 950. The molecule has 1 aromatic heterocycles. The van der Waals surface area contributed by atoms with Gasteiger partial charge in [-0.1, -0.05) is 41.6 Å². The number of hydrogen-bond donors (Lipinski definition) is 2. The molecule has 150 valence electrons. The lowest BCUT2D eigenvalue weighted by molar-refractivity contribution is -0.113. The Labute approximate surface area is 173 Å². The van der Waals surface area contributed by atoms with Gasteiger partial charge in [-0.3, -0.25) is 9.89 Å². The number of nitrogens with zero attached hydrogens (tertiary/aromatic N) is 3. The highest BCUT2D eigenvalue weighted by Gasteiger charge is 2.12. The quantitative estimate of drug-likeness (QED) is 0.608. The first-order chi connectivity index (χ1) is 14.2. The number of hydrogen-bond acceptors (Lipinski definition) is 6. The molecule has 0 bridgehead atoms. The van der Waals surface area contributed by atoms with Crippen LogP contribution in [0.3, 0.4) is 0 Å². The number of aromatic amines is 1. The highest BCUT2D eigenvalue weighted by atomic mass is 32.2. The number of carbonyl (C=O) groups is 1. The maximum atomic E-state index is 12.3. The van der Waals surface area contributed by atoms with E-state index in [2.05, 4.69) is 25.4 Å². The summed E-state index contributed by atoms with van der Waals surface area (Å²) < 4.78 is 5.38. The van der Waals surface area contributed by atoms with E-state index in [1.807, 2.05) is 55.5 Å². The number of benzene rings is 2. The SMILES string of the molecule is Cc1ccc(-c2nc(SCC(=O)Nc3ccc(N4CCOCC4)cc3)n[nH]2)cc1. The Morgan fingerprint density at radius 2 is 1.86 bits per heavy atom. The van der Waals surface area contributed by atoms with Crippen molar-refractivity contribution in [2.75, 3.05) is 42.3 Å². The van der Waals surface area contributed by atoms with Crippen molar-refractivity contribution in [1.29, 1.82) is 0 Å². The van der Waals surface area contributed by atoms with E-state index in [-0.39, 0.29) is 11.7 Å². The van der Waals surface area contributed by atoms with Crippen LogP contribution in [-0.4, -0.2) is 53.1 Å². The minimum absolute atomic E-state index is 0.0872. The second-order valence-electron chi connectivity index (χ2n) is 6.82. The van der Waals surface area contributed by atoms with Gasteiger partial charge in [0, 0.05) is 30.0 Å². The Kier molecular flexibility index (Phi) is 6.12. The average molecular weight is 410 g/mol. The number of morpholine rings is 1. The third kappa shape index (κ3) is 5.16. The summed E-state index contributed by atoms with van der Waals surface area (Å²) in [5, 5.41) is 10.6. The van der Waals surface area contributed by atoms with Crippen molar-refractivity contribution >= 4 is 29.0 Å². The molecule has 1 aliphatic heterocycles. The molecule has 1 aliphatic rings. The summed E-state index contributed by atoms with van der Waals surface area (Å²) in [5.74, 6) is 0.860. The topological polar surface area (TPSA) is 83.1 Å². The summed E-state index contributed by atoms with van der Waals surface area (Å²) in [6.45, 7) is 5.33. The van der Waals surface area contributed by atoms with Crippen LogP contribution in [0, 0.1) is 6.92 Å². The zero-order valence-corrected chi connectivity index (χ0v) is 17.0. The normalized spacial score (nSPS) is 14.0. The van der Waals surface area contributed by atoms with Crippen molar-refractivity contribution < 1.29 is 9.53 Å². The molecule has 0 aliphatic carbocycles. The van der Waals surface area contributed by atoms with Crippen molar-refractivity contribution in [2.45, 2.75) is 12.1 Å². The smallest absolute Gasteiger partial charge is 0.234 e. The summed E-state index contributed by atoms with van der Waals surface area (Å²) in [6.07, 6.45) is 0. The van der Waals surface area contributed by atoms with Gasteiger partial charge in [-0.15, -0.1) is 5.10 Å². The van der Waals surface area contributed by atoms with E-state index in [0.717, 1.165) is 43.2 Å². The monoisotopic (exact) mass is 409 g/mol. The van der Waals surface area contributed by atoms with Gasteiger partial charge in [0.2, 0.25) is 11.1 Å². The second-order valence-corrected chi connectivity index (χ2v) is 7.76. The average Bonchev–Trinajstić information content (AvgIpc) is 3.23. The van der Waals surface area contributed by atoms with Crippen LogP contribution in [-0.2, 0) is 9.53 Å². The third-order valence-electron chi connectivity index (χ3n) is 4.65. The summed E-state index contributed by atoms with van der Waals surface area (Å²) >= 11 is 1.30. The summed E-state index contributed by atoms with van der Waals surface area (Å²) in [6, 6.07) is 16.0. The fourth-order valence-electron chi connectivity index (χ4n) is 3.06. The molecule has 0 radical (unpaired) electrons. The summed E-state index contributed by atoms with van der Waals surface area (Å²) in [7, 11) is 0. The Morgan fingerprint density at radius 3 is 2.59 bits per heavy atom. The molecule has 1 amide bonds. The van der Waals surface area contributed by atoms with E-state index < -0.39 is 0 Å². The molecule has 2 aromatic carbocycles. The number of nitrogens with one attached hydrogen (secondary N) is 2. The van der Waals surface area contributed by atoms with E-state index in [9.17, 15) is 4.79 Å². The Balaban J connectivity index is 1.28. The lowest BCUT2D eigenvalue weighted by atomic mass is 10.1. The molecular weight excluding hydrogens is 386 g/mol. The summed E-state index contributed by atoms with van der Waals surface area (Å²) in [4.78, 5) is 19.0. The van der Waals surface area contributed by atoms with Gasteiger partial charge in [0.15, 0.2) is 5.82 Å². The summed E-state index contributed by atoms with van der Waals surface area (Å²) in [5.41, 5.74) is 4.09. The fraction of sp³-hybridized carbons (Fsp3) is 0.286. The highest BCUT2D eigenvalue weighted by molar-refractivity contribution is 7.99. The van der Waals surface area contributed by atoms with Gasteiger partial charge in [0.25, 0.3) is 0 Å². The van der Waals surface area contributed by atoms with Crippen molar-refractivity contribution in [3.8, 4) is 11.4 Å². The number of aromatic nitrogens is 3. The van der Waals surface area contributed by atoms with Gasteiger partial charge in [0.1, 0.15) is 0 Å². The molecule has 3 aromatic rings.